The van der Waals surface area contributed by atoms with Crippen molar-refractivity contribution in [3.63, 3.8) is 0 Å². The molecule has 1 aromatic carbocycles. The molecule has 0 amide bonds. The molecule has 17 heavy (non-hydrogen) atoms. The highest BCUT2D eigenvalue weighted by Crippen LogP contribution is 2.14. The third-order valence-electron chi connectivity index (χ3n) is 2.62. The fourth-order valence-corrected chi connectivity index (χ4v) is 1.59. The molecule has 1 aromatic rings. The molecule has 0 saturated heterocycles. The SMILES string of the molecule is CC(=O)C(CC(=O)c1ccccc1C)C(=O)O. The summed E-state index contributed by atoms with van der Waals surface area (Å²) in [4.78, 5) is 33.8. The molecule has 4 heteroatoms. The average molecular weight is 234 g/mol. The Balaban J connectivity index is 2.89. The lowest BCUT2D eigenvalue weighted by Gasteiger charge is -2.09. The Morgan fingerprint density at radius 3 is 2.29 bits per heavy atom. The minimum Gasteiger partial charge on any atom is -0.481 e. The van der Waals surface area contributed by atoms with Gasteiger partial charge in [0.05, 0.1) is 0 Å². The molecule has 4 nitrogen and oxygen atoms in total. The quantitative estimate of drug-likeness (QED) is 0.623. The zero-order valence-electron chi connectivity index (χ0n) is 9.77. The molecule has 0 aromatic heterocycles. The van der Waals surface area contributed by atoms with Crippen molar-refractivity contribution in [1.29, 1.82) is 0 Å². The summed E-state index contributed by atoms with van der Waals surface area (Å²) in [5, 5.41) is 8.84. The van der Waals surface area contributed by atoms with Crippen molar-refractivity contribution in [2.45, 2.75) is 20.3 Å². The van der Waals surface area contributed by atoms with Crippen molar-refractivity contribution in [3.05, 3.63) is 35.4 Å². The van der Waals surface area contributed by atoms with Gasteiger partial charge in [0.1, 0.15) is 11.7 Å². The van der Waals surface area contributed by atoms with Crippen LogP contribution in [-0.2, 0) is 9.59 Å². The summed E-state index contributed by atoms with van der Waals surface area (Å²) in [5.74, 6) is -3.31. The number of hydrogen-bond donors (Lipinski definition) is 1. The van der Waals surface area contributed by atoms with Gasteiger partial charge in [-0.1, -0.05) is 24.3 Å². The van der Waals surface area contributed by atoms with Crippen molar-refractivity contribution < 1.29 is 19.5 Å². The maximum atomic E-state index is 11.9. The van der Waals surface area contributed by atoms with Crippen LogP contribution in [0, 0.1) is 12.8 Å². The Morgan fingerprint density at radius 2 is 1.82 bits per heavy atom. The Kier molecular flexibility index (Phi) is 4.15. The van der Waals surface area contributed by atoms with Gasteiger partial charge in [-0.15, -0.1) is 0 Å². The van der Waals surface area contributed by atoms with Gasteiger partial charge in [-0.2, -0.15) is 0 Å². The van der Waals surface area contributed by atoms with Crippen LogP contribution in [0.2, 0.25) is 0 Å². The fraction of sp³-hybridized carbons (Fsp3) is 0.308. The first-order chi connectivity index (χ1) is 7.93. The first-order valence-electron chi connectivity index (χ1n) is 5.25. The van der Waals surface area contributed by atoms with Crippen molar-refractivity contribution in [2.75, 3.05) is 0 Å². The van der Waals surface area contributed by atoms with Crippen LogP contribution in [-0.4, -0.2) is 22.6 Å². The number of hydrogen-bond acceptors (Lipinski definition) is 3. The highest BCUT2D eigenvalue weighted by Gasteiger charge is 2.26. The molecule has 1 N–H and O–H groups in total. The summed E-state index contributed by atoms with van der Waals surface area (Å²) >= 11 is 0. The topological polar surface area (TPSA) is 71.4 Å². The van der Waals surface area contributed by atoms with Gasteiger partial charge in [0.25, 0.3) is 0 Å². The predicted octanol–water partition coefficient (Wildman–Crippen LogP) is 1.86. The lowest BCUT2D eigenvalue weighted by molar-refractivity contribution is -0.145. The molecule has 0 radical (unpaired) electrons. The summed E-state index contributed by atoms with van der Waals surface area (Å²) in [6.07, 6.45) is -0.282. The number of aliphatic carboxylic acids is 1. The Bertz CT molecular complexity index is 448. The molecule has 0 aliphatic heterocycles. The van der Waals surface area contributed by atoms with E-state index in [0.717, 1.165) is 5.56 Å². The largest absolute Gasteiger partial charge is 0.481 e. The molecule has 0 saturated carbocycles. The van der Waals surface area contributed by atoms with Gasteiger partial charge in [-0.05, 0) is 19.4 Å². The summed E-state index contributed by atoms with van der Waals surface area (Å²) in [6, 6.07) is 6.92. The van der Waals surface area contributed by atoms with Gasteiger partial charge in [-0.25, -0.2) is 0 Å². The molecule has 1 rings (SSSR count). The number of aryl methyl sites for hydroxylation is 1. The Morgan fingerprint density at radius 1 is 1.24 bits per heavy atom. The van der Waals surface area contributed by atoms with E-state index in [4.69, 9.17) is 5.11 Å². The van der Waals surface area contributed by atoms with Crippen LogP contribution in [0.4, 0.5) is 0 Å². The van der Waals surface area contributed by atoms with Gasteiger partial charge in [0.2, 0.25) is 0 Å². The second-order valence-electron chi connectivity index (χ2n) is 3.94. The molecule has 0 bridgehead atoms. The van der Waals surface area contributed by atoms with Crippen LogP contribution < -0.4 is 0 Å². The van der Waals surface area contributed by atoms with Crippen molar-refractivity contribution in [2.24, 2.45) is 5.92 Å². The summed E-state index contributed by atoms with van der Waals surface area (Å²) in [6.45, 7) is 2.96. The number of carboxylic acids is 1. The normalized spacial score (nSPS) is 11.9. The van der Waals surface area contributed by atoms with E-state index in [1.54, 1.807) is 31.2 Å². The third kappa shape index (κ3) is 3.24. The minimum atomic E-state index is -1.25. The van der Waals surface area contributed by atoms with Crippen LogP contribution in [0.5, 0.6) is 0 Å². The van der Waals surface area contributed by atoms with Gasteiger partial charge < -0.3 is 5.11 Å². The van der Waals surface area contributed by atoms with Crippen LogP contribution >= 0.6 is 0 Å². The zero-order valence-corrected chi connectivity index (χ0v) is 9.77. The average Bonchev–Trinajstić information content (AvgIpc) is 2.25. The number of carboxylic acid groups (broad SMARTS) is 1. The van der Waals surface area contributed by atoms with Gasteiger partial charge in [-0.3, -0.25) is 14.4 Å². The number of benzene rings is 1. The van der Waals surface area contributed by atoms with Crippen LogP contribution in [0.25, 0.3) is 0 Å². The van der Waals surface area contributed by atoms with E-state index in [2.05, 4.69) is 0 Å². The van der Waals surface area contributed by atoms with Crippen LogP contribution in [0.1, 0.15) is 29.3 Å². The molecular weight excluding hydrogens is 220 g/mol. The maximum absolute atomic E-state index is 11.9. The monoisotopic (exact) mass is 234 g/mol. The first-order valence-corrected chi connectivity index (χ1v) is 5.25. The Hall–Kier alpha value is -1.97. The van der Waals surface area contributed by atoms with E-state index in [1.807, 2.05) is 0 Å². The highest BCUT2D eigenvalue weighted by molar-refractivity contribution is 6.05. The van der Waals surface area contributed by atoms with Crippen molar-refractivity contribution in [3.8, 4) is 0 Å². The van der Waals surface area contributed by atoms with E-state index in [1.165, 1.54) is 6.92 Å². The number of carbonyl (C=O) groups excluding carboxylic acids is 2. The Labute approximate surface area is 99.3 Å². The predicted molar refractivity (Wildman–Crippen MR) is 61.9 cm³/mol. The number of rotatable bonds is 5. The number of Topliss-reactive ketones (excluding diaryl/α,β-unsaturated/α-hetero) is 2. The number of carbonyl (C=O) groups is 3. The molecule has 0 spiro atoms. The molecule has 0 fully saturated rings. The summed E-state index contributed by atoms with van der Waals surface area (Å²) in [5.41, 5.74) is 1.25. The van der Waals surface area contributed by atoms with Gasteiger partial charge in [0, 0.05) is 12.0 Å². The molecule has 0 aliphatic rings. The third-order valence-corrected chi connectivity index (χ3v) is 2.62. The van der Waals surface area contributed by atoms with E-state index in [-0.39, 0.29) is 12.2 Å². The molecule has 90 valence electrons. The molecule has 1 unspecified atom stereocenters. The molecule has 0 heterocycles. The van der Waals surface area contributed by atoms with E-state index < -0.39 is 17.7 Å². The fourth-order valence-electron chi connectivity index (χ4n) is 1.59. The highest BCUT2D eigenvalue weighted by atomic mass is 16.4. The second kappa shape index (κ2) is 5.39. The van der Waals surface area contributed by atoms with E-state index >= 15 is 0 Å². The van der Waals surface area contributed by atoms with Gasteiger partial charge in [0.15, 0.2) is 5.78 Å². The maximum Gasteiger partial charge on any atom is 0.314 e. The van der Waals surface area contributed by atoms with Gasteiger partial charge >= 0.3 is 5.97 Å². The summed E-state index contributed by atoms with van der Waals surface area (Å²) < 4.78 is 0. The van der Waals surface area contributed by atoms with Crippen molar-refractivity contribution in [1.82, 2.24) is 0 Å². The molecule has 0 aliphatic carbocycles. The number of ketones is 2. The molecule has 1 atom stereocenters. The van der Waals surface area contributed by atoms with Crippen molar-refractivity contribution >= 4 is 17.5 Å². The van der Waals surface area contributed by atoms with Crippen LogP contribution in [0.3, 0.4) is 0 Å². The van der Waals surface area contributed by atoms with E-state index in [9.17, 15) is 14.4 Å². The lowest BCUT2D eigenvalue weighted by atomic mass is 9.93. The summed E-state index contributed by atoms with van der Waals surface area (Å²) in [7, 11) is 0. The first kappa shape index (κ1) is 13.1. The zero-order chi connectivity index (χ0) is 13.0. The van der Waals surface area contributed by atoms with E-state index in [0.29, 0.717) is 5.56 Å². The second-order valence-corrected chi connectivity index (χ2v) is 3.94. The molecular formula is C13H14O4. The lowest BCUT2D eigenvalue weighted by Crippen LogP contribution is -2.24. The smallest absolute Gasteiger partial charge is 0.314 e. The van der Waals surface area contributed by atoms with Crippen LogP contribution in [0.15, 0.2) is 24.3 Å². The standard InChI is InChI=1S/C13H14O4/c1-8-5-3-4-6-10(8)12(15)7-11(9(2)14)13(16)17/h3-6,11H,7H2,1-2H3,(H,16,17). The minimum absolute atomic E-state index is 0.282.